The van der Waals surface area contributed by atoms with Gasteiger partial charge in [0.05, 0.1) is 6.61 Å². The maximum absolute atomic E-state index is 5.97. The molecular formula is C28H40O3. The molecule has 1 unspecified atom stereocenters. The van der Waals surface area contributed by atoms with Gasteiger partial charge in [0.1, 0.15) is 24.7 Å². The fourth-order valence-corrected chi connectivity index (χ4v) is 3.71. The predicted molar refractivity (Wildman–Crippen MR) is 130 cm³/mol. The Hall–Kier alpha value is -2.22. The van der Waals surface area contributed by atoms with Crippen LogP contribution in [0, 0.1) is 16.7 Å². The van der Waals surface area contributed by atoms with Crippen LogP contribution in [0.3, 0.4) is 0 Å². The van der Waals surface area contributed by atoms with Gasteiger partial charge in [-0.05, 0) is 65.0 Å². The molecule has 0 saturated heterocycles. The maximum atomic E-state index is 5.97. The van der Waals surface area contributed by atoms with Crippen LogP contribution in [0.25, 0.3) is 0 Å². The zero-order valence-corrected chi connectivity index (χ0v) is 20.5. The normalized spacial score (nSPS) is 17.8. The Bertz CT molecular complexity index is 813. The SMILES string of the molecule is COCC1=CC=C(OCCOC2=CCC=C(C(CC(C)(C)C)C(C)(C)C)C=C2)C=C=C1. The summed E-state index contributed by atoms with van der Waals surface area (Å²) >= 11 is 0. The fourth-order valence-electron chi connectivity index (χ4n) is 3.71. The molecule has 3 heteroatoms. The highest BCUT2D eigenvalue weighted by Gasteiger charge is 2.31. The van der Waals surface area contributed by atoms with Crippen molar-refractivity contribution < 1.29 is 14.2 Å². The largest absolute Gasteiger partial charge is 0.490 e. The molecule has 0 saturated carbocycles. The van der Waals surface area contributed by atoms with Crippen molar-refractivity contribution in [1.82, 2.24) is 0 Å². The molecule has 2 aliphatic rings. The Balaban J connectivity index is 1.88. The Morgan fingerprint density at radius 3 is 2.26 bits per heavy atom. The molecule has 0 aromatic rings. The summed E-state index contributed by atoms with van der Waals surface area (Å²) in [6.07, 6.45) is 18.6. The minimum absolute atomic E-state index is 0.217. The van der Waals surface area contributed by atoms with E-state index in [1.165, 1.54) is 5.57 Å². The zero-order valence-electron chi connectivity index (χ0n) is 20.5. The van der Waals surface area contributed by atoms with Crippen LogP contribution in [0.5, 0.6) is 0 Å². The first-order valence-corrected chi connectivity index (χ1v) is 11.2. The van der Waals surface area contributed by atoms with Gasteiger partial charge < -0.3 is 14.2 Å². The van der Waals surface area contributed by atoms with Crippen molar-refractivity contribution in [2.45, 2.75) is 54.4 Å². The molecule has 1 atom stereocenters. The monoisotopic (exact) mass is 424 g/mol. The minimum Gasteiger partial charge on any atom is -0.490 e. The topological polar surface area (TPSA) is 27.7 Å². The lowest BCUT2D eigenvalue weighted by molar-refractivity contribution is 0.127. The van der Waals surface area contributed by atoms with Crippen LogP contribution in [0.1, 0.15) is 54.4 Å². The van der Waals surface area contributed by atoms with E-state index in [0.717, 1.165) is 29.9 Å². The van der Waals surface area contributed by atoms with Crippen LogP contribution < -0.4 is 0 Å². The molecule has 2 rings (SSSR count). The fraction of sp³-hybridized carbons (Fsp3) is 0.536. The van der Waals surface area contributed by atoms with Crippen LogP contribution in [0.4, 0.5) is 0 Å². The van der Waals surface area contributed by atoms with Gasteiger partial charge in [-0.2, -0.15) is 0 Å². The van der Waals surface area contributed by atoms with E-state index >= 15 is 0 Å². The van der Waals surface area contributed by atoms with Crippen molar-refractivity contribution in [3.63, 3.8) is 0 Å². The number of ether oxygens (including phenoxy) is 3. The van der Waals surface area contributed by atoms with Crippen molar-refractivity contribution >= 4 is 0 Å². The van der Waals surface area contributed by atoms with Gasteiger partial charge >= 0.3 is 0 Å². The molecule has 0 fully saturated rings. The molecule has 0 bridgehead atoms. The quantitative estimate of drug-likeness (QED) is 0.293. The lowest BCUT2D eigenvalue weighted by Crippen LogP contribution is -2.26. The smallest absolute Gasteiger partial charge is 0.127 e. The number of rotatable bonds is 9. The van der Waals surface area contributed by atoms with Gasteiger partial charge in [-0.1, -0.05) is 59.8 Å². The van der Waals surface area contributed by atoms with Crippen molar-refractivity contribution in [3.8, 4) is 0 Å². The molecule has 0 aromatic carbocycles. The molecule has 170 valence electrons. The van der Waals surface area contributed by atoms with E-state index in [1.54, 1.807) is 7.11 Å². The maximum Gasteiger partial charge on any atom is 0.127 e. The number of hydrogen-bond donors (Lipinski definition) is 0. The molecule has 3 nitrogen and oxygen atoms in total. The van der Waals surface area contributed by atoms with Crippen LogP contribution in [0.15, 0.2) is 77.0 Å². The molecule has 0 N–H and O–H groups in total. The van der Waals surface area contributed by atoms with E-state index in [4.69, 9.17) is 14.2 Å². The summed E-state index contributed by atoms with van der Waals surface area (Å²) in [7, 11) is 1.69. The van der Waals surface area contributed by atoms with Crippen LogP contribution in [-0.2, 0) is 14.2 Å². The highest BCUT2D eigenvalue weighted by Crippen LogP contribution is 2.41. The first-order chi connectivity index (χ1) is 14.6. The van der Waals surface area contributed by atoms with Gasteiger partial charge in [0.25, 0.3) is 0 Å². The summed E-state index contributed by atoms with van der Waals surface area (Å²) in [6.45, 7) is 15.5. The highest BCUT2D eigenvalue weighted by atomic mass is 16.5. The van der Waals surface area contributed by atoms with Gasteiger partial charge in [-0.15, -0.1) is 5.73 Å². The highest BCUT2D eigenvalue weighted by molar-refractivity contribution is 5.33. The average molecular weight is 425 g/mol. The average Bonchev–Trinajstić information content (AvgIpc) is 3.03. The third kappa shape index (κ3) is 9.21. The summed E-state index contributed by atoms with van der Waals surface area (Å²) in [6, 6.07) is 0. The van der Waals surface area contributed by atoms with Crippen molar-refractivity contribution in [2.24, 2.45) is 16.7 Å². The Labute approximate surface area is 189 Å². The molecular weight excluding hydrogens is 384 g/mol. The molecule has 0 aliphatic heterocycles. The zero-order chi connectivity index (χ0) is 22.9. The van der Waals surface area contributed by atoms with E-state index in [-0.39, 0.29) is 5.41 Å². The lowest BCUT2D eigenvalue weighted by atomic mass is 9.68. The third-order valence-electron chi connectivity index (χ3n) is 5.26. The second-order valence-corrected chi connectivity index (χ2v) is 10.5. The van der Waals surface area contributed by atoms with E-state index in [2.05, 4.69) is 71.6 Å². The summed E-state index contributed by atoms with van der Waals surface area (Å²) in [4.78, 5) is 0. The van der Waals surface area contributed by atoms with E-state index in [1.807, 2.05) is 24.3 Å². The van der Waals surface area contributed by atoms with Crippen LogP contribution in [0.2, 0.25) is 0 Å². The summed E-state index contributed by atoms with van der Waals surface area (Å²) < 4.78 is 16.9. The third-order valence-corrected chi connectivity index (χ3v) is 5.26. The second-order valence-electron chi connectivity index (χ2n) is 10.5. The summed E-state index contributed by atoms with van der Waals surface area (Å²) in [5, 5.41) is 0. The van der Waals surface area contributed by atoms with Crippen LogP contribution >= 0.6 is 0 Å². The van der Waals surface area contributed by atoms with Gasteiger partial charge in [0.15, 0.2) is 0 Å². The van der Waals surface area contributed by atoms with Crippen molar-refractivity contribution in [3.05, 3.63) is 77.0 Å². The number of allylic oxidation sites excluding steroid dienone is 8. The predicted octanol–water partition coefficient (Wildman–Crippen LogP) is 7.07. The number of methoxy groups -OCH3 is 1. The summed E-state index contributed by atoms with van der Waals surface area (Å²) in [5.74, 6) is 2.19. The Morgan fingerprint density at radius 1 is 0.903 bits per heavy atom. The van der Waals surface area contributed by atoms with Crippen LogP contribution in [-0.4, -0.2) is 26.9 Å². The van der Waals surface area contributed by atoms with Crippen molar-refractivity contribution in [1.29, 1.82) is 0 Å². The van der Waals surface area contributed by atoms with E-state index in [9.17, 15) is 0 Å². The second kappa shape index (κ2) is 11.4. The van der Waals surface area contributed by atoms with Gasteiger partial charge in [-0.3, -0.25) is 0 Å². The Kier molecular flexibility index (Phi) is 9.22. The molecule has 0 spiro atoms. The van der Waals surface area contributed by atoms with Crippen molar-refractivity contribution in [2.75, 3.05) is 26.9 Å². The van der Waals surface area contributed by atoms with Gasteiger partial charge in [0, 0.05) is 13.2 Å². The molecule has 0 heterocycles. The van der Waals surface area contributed by atoms with E-state index < -0.39 is 0 Å². The molecule has 0 radical (unpaired) electrons. The molecule has 0 aromatic heterocycles. The lowest BCUT2D eigenvalue weighted by Gasteiger charge is -2.36. The Morgan fingerprint density at radius 2 is 1.61 bits per heavy atom. The first kappa shape index (κ1) is 25.0. The molecule has 31 heavy (non-hydrogen) atoms. The van der Waals surface area contributed by atoms with Gasteiger partial charge in [0.2, 0.25) is 0 Å². The first-order valence-electron chi connectivity index (χ1n) is 11.2. The van der Waals surface area contributed by atoms with E-state index in [0.29, 0.717) is 31.2 Å². The molecule has 0 amide bonds. The molecule has 2 aliphatic carbocycles. The summed E-state index contributed by atoms with van der Waals surface area (Å²) in [5.41, 5.74) is 6.09. The van der Waals surface area contributed by atoms with Gasteiger partial charge in [-0.25, -0.2) is 0 Å². The number of hydrogen-bond acceptors (Lipinski definition) is 3. The minimum atomic E-state index is 0.217. The standard InChI is InChI=1S/C28H40O3/c1-27(2,3)20-26(28(4,5)6)23-11-9-13-25(17-15-23)31-19-18-30-24-12-8-10-22(14-16-24)21-29-7/h10-17,26H,9,18-21H2,1-7H3.